The Labute approximate surface area is 138 Å². The molecule has 1 aliphatic rings. The number of benzene rings is 2. The van der Waals surface area contributed by atoms with Crippen LogP contribution in [0, 0.1) is 0 Å². The van der Waals surface area contributed by atoms with Gasteiger partial charge in [0.25, 0.3) is 0 Å². The topological polar surface area (TPSA) is 49.5 Å². The van der Waals surface area contributed by atoms with Gasteiger partial charge in [-0.05, 0) is 48.9 Å². The molecule has 122 valence electrons. The van der Waals surface area contributed by atoms with E-state index in [2.05, 4.69) is 11.0 Å². The fraction of sp³-hybridized carbons (Fsp3) is 0.400. The minimum atomic E-state index is -0.990. The van der Waals surface area contributed by atoms with Gasteiger partial charge in [-0.2, -0.15) is 0 Å². The van der Waals surface area contributed by atoms with Crippen LogP contribution in [0.5, 0.6) is 0 Å². The fourth-order valence-corrected chi connectivity index (χ4v) is 3.52. The number of rotatable bonds is 4. The Morgan fingerprint density at radius 1 is 1.00 bits per heavy atom. The lowest BCUT2D eigenvalue weighted by molar-refractivity contribution is 0.0766. The molecule has 1 heterocycles. The van der Waals surface area contributed by atoms with Crippen molar-refractivity contribution in [3.05, 3.63) is 59.7 Å². The maximum Gasteiger partial charge on any atom is 0.114 e. The maximum atomic E-state index is 11.2. The van der Waals surface area contributed by atoms with Crippen LogP contribution >= 0.6 is 0 Å². The summed E-state index contributed by atoms with van der Waals surface area (Å²) in [7, 11) is 0. The van der Waals surface area contributed by atoms with Crippen LogP contribution < -0.4 is 10.6 Å². The molecule has 0 aliphatic carbocycles. The second-order valence-corrected chi connectivity index (χ2v) is 6.40. The van der Waals surface area contributed by atoms with Gasteiger partial charge < -0.3 is 15.7 Å². The van der Waals surface area contributed by atoms with Crippen LogP contribution in [0.4, 0.5) is 11.4 Å². The lowest BCUT2D eigenvalue weighted by Crippen LogP contribution is -2.31. The summed E-state index contributed by atoms with van der Waals surface area (Å²) in [6, 6.07) is 15.9. The van der Waals surface area contributed by atoms with Crippen LogP contribution in [0.25, 0.3) is 0 Å². The number of aliphatic hydroxyl groups is 1. The van der Waals surface area contributed by atoms with Gasteiger partial charge in [-0.25, -0.2) is 0 Å². The number of hydrogen-bond donors (Lipinski definition) is 2. The maximum absolute atomic E-state index is 11.2. The second-order valence-electron chi connectivity index (χ2n) is 6.40. The Kier molecular flexibility index (Phi) is 4.58. The zero-order chi connectivity index (χ0) is 16.3. The molecule has 3 nitrogen and oxygen atoms in total. The first-order valence-corrected chi connectivity index (χ1v) is 8.58. The standard InChI is InChI=1S/C20H26N2O/c1-2-20(23,16-9-5-3-6-10-16)17-11-12-19(18(21)15-17)22-13-7-4-8-14-22/h3,5-6,9-12,15,23H,2,4,7-8,13-14,21H2,1H3. The summed E-state index contributed by atoms with van der Waals surface area (Å²) < 4.78 is 0. The van der Waals surface area contributed by atoms with Crippen molar-refractivity contribution in [3.63, 3.8) is 0 Å². The van der Waals surface area contributed by atoms with Crippen molar-refractivity contribution in [1.29, 1.82) is 0 Å². The molecule has 1 saturated heterocycles. The lowest BCUT2D eigenvalue weighted by Gasteiger charge is -2.32. The molecule has 0 amide bonds. The molecule has 2 aromatic carbocycles. The number of piperidine rings is 1. The summed E-state index contributed by atoms with van der Waals surface area (Å²) in [5.41, 5.74) is 8.97. The minimum Gasteiger partial charge on any atom is -0.397 e. The molecule has 2 aromatic rings. The average Bonchev–Trinajstić information content (AvgIpc) is 2.62. The predicted molar refractivity (Wildman–Crippen MR) is 96.7 cm³/mol. The molecule has 23 heavy (non-hydrogen) atoms. The number of anilines is 2. The summed E-state index contributed by atoms with van der Waals surface area (Å²) in [6.07, 6.45) is 4.37. The van der Waals surface area contributed by atoms with Crippen molar-refractivity contribution >= 4 is 11.4 Å². The SMILES string of the molecule is CCC(O)(c1ccccc1)c1ccc(N2CCCCC2)c(N)c1. The Morgan fingerprint density at radius 3 is 2.30 bits per heavy atom. The molecule has 0 spiro atoms. The molecule has 0 saturated carbocycles. The molecule has 1 aliphatic heterocycles. The largest absolute Gasteiger partial charge is 0.397 e. The van der Waals surface area contributed by atoms with Crippen LogP contribution in [0.15, 0.2) is 48.5 Å². The Morgan fingerprint density at radius 2 is 1.70 bits per heavy atom. The van der Waals surface area contributed by atoms with Crippen molar-refractivity contribution < 1.29 is 5.11 Å². The van der Waals surface area contributed by atoms with Gasteiger partial charge in [0.1, 0.15) is 5.60 Å². The quantitative estimate of drug-likeness (QED) is 0.842. The molecule has 3 heteroatoms. The highest BCUT2D eigenvalue weighted by Crippen LogP contribution is 2.36. The van der Waals surface area contributed by atoms with Crippen molar-refractivity contribution in [1.82, 2.24) is 0 Å². The molecule has 1 atom stereocenters. The Hall–Kier alpha value is -2.00. The van der Waals surface area contributed by atoms with E-state index in [-0.39, 0.29) is 0 Å². The first kappa shape index (κ1) is 15.9. The number of hydrogen-bond acceptors (Lipinski definition) is 3. The van der Waals surface area contributed by atoms with Crippen molar-refractivity contribution in [3.8, 4) is 0 Å². The molecule has 1 fully saturated rings. The van der Waals surface area contributed by atoms with Crippen molar-refractivity contribution in [2.45, 2.75) is 38.2 Å². The zero-order valence-corrected chi connectivity index (χ0v) is 13.8. The molecule has 0 aromatic heterocycles. The highest BCUT2D eigenvalue weighted by molar-refractivity contribution is 5.69. The number of nitrogens with two attached hydrogens (primary N) is 1. The van der Waals surface area contributed by atoms with Crippen molar-refractivity contribution in [2.75, 3.05) is 23.7 Å². The molecular formula is C20H26N2O. The van der Waals surface area contributed by atoms with Gasteiger partial charge in [0.05, 0.1) is 11.4 Å². The third-order valence-electron chi connectivity index (χ3n) is 4.96. The molecule has 3 N–H and O–H groups in total. The smallest absolute Gasteiger partial charge is 0.114 e. The van der Waals surface area contributed by atoms with E-state index in [9.17, 15) is 5.11 Å². The lowest BCUT2D eigenvalue weighted by atomic mass is 9.84. The molecule has 1 unspecified atom stereocenters. The predicted octanol–water partition coefficient (Wildman–Crippen LogP) is 3.91. The van der Waals surface area contributed by atoms with E-state index in [1.165, 1.54) is 19.3 Å². The highest BCUT2D eigenvalue weighted by Gasteiger charge is 2.30. The third-order valence-corrected chi connectivity index (χ3v) is 4.96. The molecular weight excluding hydrogens is 284 g/mol. The molecule has 3 rings (SSSR count). The Bertz CT molecular complexity index is 650. The van der Waals surface area contributed by atoms with Gasteiger partial charge in [-0.1, -0.05) is 43.3 Å². The van der Waals surface area contributed by atoms with Crippen LogP contribution in [0.3, 0.4) is 0 Å². The first-order valence-electron chi connectivity index (χ1n) is 8.58. The van der Waals surface area contributed by atoms with E-state index >= 15 is 0 Å². The van der Waals surface area contributed by atoms with Gasteiger partial charge in [-0.15, -0.1) is 0 Å². The number of nitrogen functional groups attached to an aromatic ring is 1. The highest BCUT2D eigenvalue weighted by atomic mass is 16.3. The van der Waals surface area contributed by atoms with Crippen molar-refractivity contribution in [2.24, 2.45) is 0 Å². The van der Waals surface area contributed by atoms with E-state index in [0.29, 0.717) is 6.42 Å². The summed E-state index contributed by atoms with van der Waals surface area (Å²) in [4.78, 5) is 2.36. The van der Waals surface area contributed by atoms with Gasteiger partial charge >= 0.3 is 0 Å². The van der Waals surface area contributed by atoms with E-state index in [0.717, 1.165) is 35.6 Å². The average molecular weight is 310 g/mol. The van der Waals surface area contributed by atoms with E-state index in [1.54, 1.807) is 0 Å². The van der Waals surface area contributed by atoms with Crippen LogP contribution in [-0.4, -0.2) is 18.2 Å². The fourth-order valence-electron chi connectivity index (χ4n) is 3.52. The van der Waals surface area contributed by atoms with Gasteiger partial charge in [-0.3, -0.25) is 0 Å². The van der Waals surface area contributed by atoms with E-state index in [1.807, 2.05) is 49.4 Å². The van der Waals surface area contributed by atoms with E-state index < -0.39 is 5.60 Å². The van der Waals surface area contributed by atoms with Crippen LogP contribution in [-0.2, 0) is 5.60 Å². The first-order chi connectivity index (χ1) is 11.1. The summed E-state index contributed by atoms with van der Waals surface area (Å²) in [6.45, 7) is 4.14. The molecule has 0 bridgehead atoms. The van der Waals surface area contributed by atoms with E-state index in [4.69, 9.17) is 5.73 Å². The summed E-state index contributed by atoms with van der Waals surface area (Å²) >= 11 is 0. The monoisotopic (exact) mass is 310 g/mol. The van der Waals surface area contributed by atoms with Crippen LogP contribution in [0.2, 0.25) is 0 Å². The van der Waals surface area contributed by atoms with Crippen LogP contribution in [0.1, 0.15) is 43.7 Å². The van der Waals surface area contributed by atoms with Gasteiger partial charge in [0.15, 0.2) is 0 Å². The minimum absolute atomic E-state index is 0.611. The Balaban J connectivity index is 1.95. The second kappa shape index (κ2) is 6.63. The van der Waals surface area contributed by atoms with Gasteiger partial charge in [0, 0.05) is 13.1 Å². The van der Waals surface area contributed by atoms with Gasteiger partial charge in [0.2, 0.25) is 0 Å². The third kappa shape index (κ3) is 3.06. The molecule has 0 radical (unpaired) electrons. The summed E-state index contributed by atoms with van der Waals surface area (Å²) in [5.74, 6) is 0. The number of nitrogens with zero attached hydrogens (tertiary/aromatic N) is 1. The normalized spacial score (nSPS) is 17.7. The summed E-state index contributed by atoms with van der Waals surface area (Å²) in [5, 5.41) is 11.2. The zero-order valence-electron chi connectivity index (χ0n) is 13.8.